The highest BCUT2D eigenvalue weighted by atomic mass is 32.1. The third-order valence-corrected chi connectivity index (χ3v) is 3.92. The number of nitrogens with zero attached hydrogens (tertiary/aromatic N) is 2. The molecule has 0 saturated carbocycles. The minimum absolute atomic E-state index is 0.0889. The second kappa shape index (κ2) is 8.17. The zero-order valence-electron chi connectivity index (χ0n) is 12.7. The van der Waals surface area contributed by atoms with Crippen LogP contribution < -0.4 is 4.74 Å². The molecule has 2 rings (SSSR count). The van der Waals surface area contributed by atoms with Gasteiger partial charge in [0.2, 0.25) is 0 Å². The van der Waals surface area contributed by atoms with E-state index >= 15 is 0 Å². The summed E-state index contributed by atoms with van der Waals surface area (Å²) in [6.45, 7) is 0.636. The smallest absolute Gasteiger partial charge is 0.344 e. The molecule has 8 heteroatoms. The fourth-order valence-corrected chi connectivity index (χ4v) is 2.61. The highest BCUT2D eigenvalue weighted by molar-refractivity contribution is 7.09. The number of hydrogen-bond donors (Lipinski definition) is 0. The number of nitriles is 1. The molecule has 1 heterocycles. The van der Waals surface area contributed by atoms with Gasteiger partial charge in [0, 0.05) is 11.1 Å². The van der Waals surface area contributed by atoms with Crippen molar-refractivity contribution in [3.8, 4) is 11.8 Å². The average Bonchev–Trinajstić information content (AvgIpc) is 2.99. The molecule has 2 aromatic rings. The van der Waals surface area contributed by atoms with E-state index in [2.05, 4.69) is 4.98 Å². The maximum atomic E-state index is 13.3. The molecular formula is C16H13FN2O4S. The number of aryl methyl sites for hydroxylation is 1. The number of benzene rings is 1. The summed E-state index contributed by atoms with van der Waals surface area (Å²) in [7, 11) is 0. The molecule has 0 aliphatic carbocycles. The number of aromatic nitrogens is 1. The van der Waals surface area contributed by atoms with Gasteiger partial charge >= 0.3 is 5.97 Å². The topological polar surface area (TPSA) is 89.3 Å². The van der Waals surface area contributed by atoms with Crippen LogP contribution in [-0.4, -0.2) is 30.0 Å². The van der Waals surface area contributed by atoms with Crippen molar-refractivity contribution in [3.63, 3.8) is 0 Å². The van der Waals surface area contributed by atoms with Crippen LogP contribution in [0.2, 0.25) is 0 Å². The number of ether oxygens (including phenoxy) is 2. The van der Waals surface area contributed by atoms with Gasteiger partial charge in [0.25, 0.3) is 0 Å². The van der Waals surface area contributed by atoms with E-state index in [4.69, 9.17) is 14.7 Å². The van der Waals surface area contributed by atoms with Crippen molar-refractivity contribution in [1.82, 2.24) is 4.98 Å². The summed E-state index contributed by atoms with van der Waals surface area (Å²) in [5.41, 5.74) is 0.707. The first-order valence-corrected chi connectivity index (χ1v) is 7.76. The van der Waals surface area contributed by atoms with Gasteiger partial charge in [-0.2, -0.15) is 5.26 Å². The number of esters is 1. The monoisotopic (exact) mass is 348 g/mol. The second-order valence-corrected chi connectivity index (χ2v) is 5.63. The molecule has 24 heavy (non-hydrogen) atoms. The van der Waals surface area contributed by atoms with Crippen LogP contribution >= 0.6 is 11.3 Å². The van der Waals surface area contributed by atoms with E-state index in [1.54, 1.807) is 18.4 Å². The van der Waals surface area contributed by atoms with Gasteiger partial charge in [-0.3, -0.25) is 4.79 Å². The molecule has 0 spiro atoms. The van der Waals surface area contributed by atoms with Crippen molar-refractivity contribution in [1.29, 1.82) is 5.26 Å². The number of carbonyl (C=O) groups excluding carboxylic acids is 2. The average molecular weight is 348 g/mol. The summed E-state index contributed by atoms with van der Waals surface area (Å²) in [6.07, 6.45) is 0. The SMILES string of the molecule is Cc1csc([C@H](C#N)C(=O)COC(=O)COc2ccccc2F)n1. The van der Waals surface area contributed by atoms with Gasteiger partial charge in [-0.1, -0.05) is 12.1 Å². The number of thiazole rings is 1. The molecule has 0 aliphatic heterocycles. The molecule has 0 N–H and O–H groups in total. The third-order valence-electron chi connectivity index (χ3n) is 2.89. The lowest BCUT2D eigenvalue weighted by molar-refractivity contribution is -0.150. The van der Waals surface area contributed by atoms with E-state index in [0.29, 0.717) is 10.7 Å². The lowest BCUT2D eigenvalue weighted by Crippen LogP contribution is -2.23. The van der Waals surface area contributed by atoms with Crippen LogP contribution in [0.15, 0.2) is 29.6 Å². The van der Waals surface area contributed by atoms with Crippen molar-refractivity contribution in [2.24, 2.45) is 0 Å². The Morgan fingerprint density at radius 1 is 1.38 bits per heavy atom. The first kappa shape index (κ1) is 17.6. The number of halogens is 1. The Morgan fingerprint density at radius 3 is 2.75 bits per heavy atom. The summed E-state index contributed by atoms with van der Waals surface area (Å²) in [4.78, 5) is 27.6. The Morgan fingerprint density at radius 2 is 2.12 bits per heavy atom. The molecule has 0 unspecified atom stereocenters. The fraction of sp³-hybridized carbons (Fsp3) is 0.250. The van der Waals surface area contributed by atoms with Crippen LogP contribution in [0.4, 0.5) is 4.39 Å². The van der Waals surface area contributed by atoms with E-state index in [-0.39, 0.29) is 5.75 Å². The van der Waals surface area contributed by atoms with Crippen molar-refractivity contribution in [2.75, 3.05) is 13.2 Å². The second-order valence-electron chi connectivity index (χ2n) is 4.74. The van der Waals surface area contributed by atoms with E-state index in [0.717, 1.165) is 0 Å². The Bertz CT molecular complexity index is 784. The minimum atomic E-state index is -1.08. The number of ketones is 1. The molecular weight excluding hydrogens is 335 g/mol. The third kappa shape index (κ3) is 4.60. The van der Waals surface area contributed by atoms with Gasteiger partial charge in [0.1, 0.15) is 5.01 Å². The summed E-state index contributed by atoms with van der Waals surface area (Å²) in [6, 6.07) is 7.45. The quantitative estimate of drug-likeness (QED) is 0.714. The highest BCUT2D eigenvalue weighted by Gasteiger charge is 2.24. The first-order valence-electron chi connectivity index (χ1n) is 6.88. The molecule has 1 aromatic carbocycles. The van der Waals surface area contributed by atoms with Crippen molar-refractivity contribution in [2.45, 2.75) is 12.8 Å². The van der Waals surface area contributed by atoms with Gasteiger partial charge < -0.3 is 9.47 Å². The van der Waals surface area contributed by atoms with Gasteiger partial charge in [-0.05, 0) is 19.1 Å². The van der Waals surface area contributed by atoms with E-state index in [9.17, 15) is 14.0 Å². The summed E-state index contributed by atoms with van der Waals surface area (Å²) in [5.74, 6) is -3.19. The Kier molecular flexibility index (Phi) is 5.98. The van der Waals surface area contributed by atoms with Crippen LogP contribution in [0.3, 0.4) is 0 Å². The van der Waals surface area contributed by atoms with Crippen molar-refractivity contribution in [3.05, 3.63) is 46.2 Å². The van der Waals surface area contributed by atoms with Crippen LogP contribution in [0, 0.1) is 24.1 Å². The molecule has 0 bridgehead atoms. The predicted molar refractivity (Wildman–Crippen MR) is 83.1 cm³/mol. The lowest BCUT2D eigenvalue weighted by atomic mass is 10.1. The minimum Gasteiger partial charge on any atom is -0.479 e. The van der Waals surface area contributed by atoms with Gasteiger partial charge in [0.15, 0.2) is 36.5 Å². The maximum absolute atomic E-state index is 13.3. The van der Waals surface area contributed by atoms with E-state index in [1.165, 1.54) is 29.5 Å². The van der Waals surface area contributed by atoms with Crippen LogP contribution in [0.1, 0.15) is 16.6 Å². The largest absolute Gasteiger partial charge is 0.479 e. The molecule has 0 radical (unpaired) electrons. The van der Waals surface area contributed by atoms with Crippen LogP contribution in [0.5, 0.6) is 5.75 Å². The molecule has 0 fully saturated rings. The number of carbonyl (C=O) groups is 2. The fourth-order valence-electron chi connectivity index (χ4n) is 1.74. The normalized spacial score (nSPS) is 11.4. The van der Waals surface area contributed by atoms with Crippen LogP contribution in [-0.2, 0) is 14.3 Å². The first-order chi connectivity index (χ1) is 11.5. The number of Topliss-reactive ketones (excluding diaryl/α,β-unsaturated/α-hetero) is 1. The summed E-state index contributed by atoms with van der Waals surface area (Å²) < 4.78 is 23.1. The Labute approximate surface area is 141 Å². The van der Waals surface area contributed by atoms with E-state index < -0.39 is 36.7 Å². The highest BCUT2D eigenvalue weighted by Crippen LogP contribution is 2.20. The maximum Gasteiger partial charge on any atom is 0.344 e. The van der Waals surface area contributed by atoms with Crippen molar-refractivity contribution >= 4 is 23.1 Å². The zero-order valence-corrected chi connectivity index (χ0v) is 13.5. The molecule has 1 aromatic heterocycles. The predicted octanol–water partition coefficient (Wildman–Crippen LogP) is 2.39. The van der Waals surface area contributed by atoms with Gasteiger partial charge in [-0.15, -0.1) is 11.3 Å². The molecule has 0 aliphatic rings. The standard InChI is InChI=1S/C16H13FN2O4S/c1-10-9-24-16(19-10)11(6-18)13(20)7-23-15(21)8-22-14-5-3-2-4-12(14)17/h2-5,9,11H,7-8H2,1H3/t11-/m1/s1. The van der Waals surface area contributed by atoms with Crippen molar-refractivity contribution < 1.29 is 23.5 Å². The number of hydrogen-bond acceptors (Lipinski definition) is 7. The van der Waals surface area contributed by atoms with Gasteiger partial charge in [-0.25, -0.2) is 14.2 Å². The lowest BCUT2D eigenvalue weighted by Gasteiger charge is -2.08. The molecule has 6 nitrogen and oxygen atoms in total. The summed E-state index contributed by atoms with van der Waals surface area (Å²) >= 11 is 1.19. The van der Waals surface area contributed by atoms with Gasteiger partial charge in [0.05, 0.1) is 6.07 Å². The molecule has 124 valence electrons. The molecule has 0 saturated heterocycles. The number of para-hydroxylation sites is 1. The van der Waals surface area contributed by atoms with E-state index in [1.807, 2.05) is 6.07 Å². The number of rotatable bonds is 7. The molecule has 1 atom stereocenters. The van der Waals surface area contributed by atoms with Crippen LogP contribution in [0.25, 0.3) is 0 Å². The Balaban J connectivity index is 1.83. The Hall–Kier alpha value is -2.79. The summed E-state index contributed by atoms with van der Waals surface area (Å²) in [5, 5.41) is 11.2. The molecule has 0 amide bonds. The zero-order chi connectivity index (χ0) is 17.5.